The van der Waals surface area contributed by atoms with Crippen LogP contribution in [-0.2, 0) is 34.2 Å². The molecule has 0 unspecified atom stereocenters. The molecule has 1 aromatic carbocycles. The standard InChI is InChI=1S/C16H21BrN2O6S/c1-5-25-16(21)14-12(8-26(22,23)24)19(4)11-6-10(17)15(20)9(13(11)14)7-18(2)3/h6,20H,5,7-8H2,1-4H3,(H,22,23,24). The van der Waals surface area contributed by atoms with Crippen molar-refractivity contribution in [2.75, 3.05) is 20.7 Å². The maximum absolute atomic E-state index is 12.6. The first-order valence-corrected chi connectivity index (χ1v) is 10.2. The van der Waals surface area contributed by atoms with Gasteiger partial charge in [0.1, 0.15) is 11.5 Å². The predicted molar refractivity (Wildman–Crippen MR) is 101 cm³/mol. The summed E-state index contributed by atoms with van der Waals surface area (Å²) in [5.41, 5.74) is 1.12. The SMILES string of the molecule is CCOC(=O)c1c(CS(=O)(=O)O)n(C)c2cc(Br)c(O)c(CN(C)C)c12. The zero-order valence-corrected chi connectivity index (χ0v) is 17.3. The van der Waals surface area contributed by atoms with Gasteiger partial charge in [-0.3, -0.25) is 4.55 Å². The third kappa shape index (κ3) is 4.03. The first kappa shape index (κ1) is 20.7. The monoisotopic (exact) mass is 448 g/mol. The number of aromatic nitrogens is 1. The van der Waals surface area contributed by atoms with Crippen LogP contribution in [0.15, 0.2) is 10.5 Å². The van der Waals surface area contributed by atoms with Crippen molar-refractivity contribution < 1.29 is 27.6 Å². The number of phenolic OH excluding ortho intramolecular Hbond substituents is 1. The summed E-state index contributed by atoms with van der Waals surface area (Å²) in [6.07, 6.45) is 0. The van der Waals surface area contributed by atoms with E-state index in [0.717, 1.165) is 0 Å². The smallest absolute Gasteiger partial charge is 0.340 e. The van der Waals surface area contributed by atoms with Crippen molar-refractivity contribution in [2.45, 2.75) is 19.2 Å². The van der Waals surface area contributed by atoms with Crippen LogP contribution in [0, 0.1) is 0 Å². The summed E-state index contributed by atoms with van der Waals surface area (Å²) < 4.78 is 39.3. The van der Waals surface area contributed by atoms with Crippen LogP contribution in [0.3, 0.4) is 0 Å². The molecule has 2 aromatic rings. The fraction of sp³-hybridized carbons (Fsp3) is 0.438. The predicted octanol–water partition coefficient (Wildman–Crippen LogP) is 2.27. The first-order chi connectivity index (χ1) is 12.0. The Morgan fingerprint density at radius 3 is 2.50 bits per heavy atom. The van der Waals surface area contributed by atoms with E-state index in [-0.39, 0.29) is 23.6 Å². The molecule has 0 aliphatic heterocycles. The molecule has 0 saturated carbocycles. The molecule has 0 radical (unpaired) electrons. The minimum atomic E-state index is -4.39. The minimum absolute atomic E-state index is 0.0293. The van der Waals surface area contributed by atoms with E-state index in [0.29, 0.717) is 27.5 Å². The van der Waals surface area contributed by atoms with E-state index in [2.05, 4.69) is 15.9 Å². The molecule has 10 heteroatoms. The van der Waals surface area contributed by atoms with Crippen LogP contribution < -0.4 is 0 Å². The van der Waals surface area contributed by atoms with E-state index in [1.807, 2.05) is 4.90 Å². The third-order valence-electron chi connectivity index (χ3n) is 3.91. The van der Waals surface area contributed by atoms with Crippen molar-refractivity contribution in [3.05, 3.63) is 27.4 Å². The molecule has 144 valence electrons. The number of carbonyl (C=O) groups is 1. The van der Waals surface area contributed by atoms with Crippen molar-refractivity contribution >= 4 is 42.9 Å². The van der Waals surface area contributed by atoms with Gasteiger partial charge in [-0.1, -0.05) is 0 Å². The Hall–Kier alpha value is -1.62. The number of hydrogen-bond acceptors (Lipinski definition) is 6. The number of carbonyl (C=O) groups excluding carboxylic acids is 1. The lowest BCUT2D eigenvalue weighted by molar-refractivity contribution is 0.0527. The quantitative estimate of drug-likeness (QED) is 0.515. The molecule has 2 N–H and O–H groups in total. The van der Waals surface area contributed by atoms with Crippen LogP contribution in [0.25, 0.3) is 10.9 Å². The summed E-state index contributed by atoms with van der Waals surface area (Å²) >= 11 is 3.29. The van der Waals surface area contributed by atoms with Crippen LogP contribution >= 0.6 is 15.9 Å². The molecule has 0 fully saturated rings. The number of halogens is 1. The maximum atomic E-state index is 12.6. The molecule has 0 bridgehead atoms. The highest BCUT2D eigenvalue weighted by molar-refractivity contribution is 9.10. The summed E-state index contributed by atoms with van der Waals surface area (Å²) in [6, 6.07) is 1.60. The number of aromatic hydroxyl groups is 1. The molecule has 0 saturated heterocycles. The number of nitrogens with zero attached hydrogens (tertiary/aromatic N) is 2. The second kappa shape index (κ2) is 7.55. The number of phenols is 1. The fourth-order valence-corrected chi connectivity index (χ4v) is 4.05. The number of ether oxygens (including phenoxy) is 1. The number of rotatable bonds is 6. The van der Waals surface area contributed by atoms with Gasteiger partial charge in [0.05, 0.1) is 27.9 Å². The summed E-state index contributed by atoms with van der Waals surface area (Å²) in [4.78, 5) is 14.4. The molecule has 0 amide bonds. The van der Waals surface area contributed by atoms with Crippen LogP contribution in [0.1, 0.15) is 28.5 Å². The van der Waals surface area contributed by atoms with Gasteiger partial charge >= 0.3 is 5.97 Å². The molecule has 0 aliphatic rings. The highest BCUT2D eigenvalue weighted by atomic mass is 79.9. The van der Waals surface area contributed by atoms with E-state index >= 15 is 0 Å². The average Bonchev–Trinajstić information content (AvgIpc) is 2.75. The third-order valence-corrected chi connectivity index (χ3v) is 5.15. The summed E-state index contributed by atoms with van der Waals surface area (Å²) in [7, 11) is 0.812. The van der Waals surface area contributed by atoms with Crippen molar-refractivity contribution in [1.29, 1.82) is 0 Å². The lowest BCUT2D eigenvalue weighted by Gasteiger charge is -2.15. The van der Waals surface area contributed by atoms with Gasteiger partial charge < -0.3 is 19.3 Å². The number of esters is 1. The number of benzene rings is 1. The van der Waals surface area contributed by atoms with Gasteiger partial charge in [-0.25, -0.2) is 4.79 Å². The first-order valence-electron chi connectivity index (χ1n) is 7.76. The zero-order valence-electron chi connectivity index (χ0n) is 14.9. The highest BCUT2D eigenvalue weighted by Crippen LogP contribution is 2.40. The van der Waals surface area contributed by atoms with E-state index in [4.69, 9.17) is 4.74 Å². The second-order valence-corrected chi connectivity index (χ2v) is 8.45. The van der Waals surface area contributed by atoms with E-state index in [1.54, 1.807) is 34.1 Å². The van der Waals surface area contributed by atoms with Crippen LogP contribution in [-0.4, -0.2) is 54.2 Å². The van der Waals surface area contributed by atoms with Crippen molar-refractivity contribution in [2.24, 2.45) is 7.05 Å². The Balaban J connectivity index is 2.97. The van der Waals surface area contributed by atoms with Crippen LogP contribution in [0.4, 0.5) is 0 Å². The lowest BCUT2D eigenvalue weighted by atomic mass is 10.0. The number of hydrogen-bond donors (Lipinski definition) is 2. The molecule has 1 heterocycles. The molecular weight excluding hydrogens is 428 g/mol. The second-order valence-electron chi connectivity index (χ2n) is 6.14. The molecule has 1 aromatic heterocycles. The Morgan fingerprint density at radius 1 is 1.38 bits per heavy atom. The van der Waals surface area contributed by atoms with E-state index in [1.165, 1.54) is 4.57 Å². The summed E-state index contributed by atoms with van der Waals surface area (Å²) in [5, 5.41) is 10.9. The molecule has 0 atom stereocenters. The van der Waals surface area contributed by atoms with Crippen molar-refractivity contribution in [3.8, 4) is 5.75 Å². The molecule has 8 nitrogen and oxygen atoms in total. The number of fused-ring (bicyclic) bond motifs is 1. The van der Waals surface area contributed by atoms with Gasteiger partial charge in [-0.05, 0) is 43.0 Å². The summed E-state index contributed by atoms with van der Waals surface area (Å²) in [5.74, 6) is -1.49. The minimum Gasteiger partial charge on any atom is -0.506 e. The van der Waals surface area contributed by atoms with Crippen molar-refractivity contribution in [1.82, 2.24) is 9.47 Å². The number of aryl methyl sites for hydroxylation is 1. The fourth-order valence-electron chi connectivity index (χ4n) is 2.91. The maximum Gasteiger partial charge on any atom is 0.340 e. The van der Waals surface area contributed by atoms with E-state index < -0.39 is 21.8 Å². The Kier molecular flexibility index (Phi) is 6.01. The topological polar surface area (TPSA) is 109 Å². The van der Waals surface area contributed by atoms with E-state index in [9.17, 15) is 22.9 Å². The van der Waals surface area contributed by atoms with Crippen LogP contribution in [0.5, 0.6) is 5.75 Å². The van der Waals surface area contributed by atoms with Crippen molar-refractivity contribution in [3.63, 3.8) is 0 Å². The summed E-state index contributed by atoms with van der Waals surface area (Å²) in [6.45, 7) is 2.05. The van der Waals surface area contributed by atoms with Gasteiger partial charge in [0.25, 0.3) is 10.1 Å². The normalized spacial score (nSPS) is 12.1. The molecule has 0 aliphatic carbocycles. The van der Waals surface area contributed by atoms with Gasteiger partial charge in [0.15, 0.2) is 0 Å². The van der Waals surface area contributed by atoms with Crippen LogP contribution in [0.2, 0.25) is 0 Å². The average molecular weight is 449 g/mol. The van der Waals surface area contributed by atoms with Gasteiger partial charge in [-0.2, -0.15) is 8.42 Å². The van der Waals surface area contributed by atoms with Gasteiger partial charge in [0, 0.05) is 24.5 Å². The van der Waals surface area contributed by atoms with Gasteiger partial charge in [0.2, 0.25) is 0 Å². The molecule has 2 rings (SSSR count). The molecule has 0 spiro atoms. The molecule has 26 heavy (non-hydrogen) atoms. The lowest BCUT2D eigenvalue weighted by Crippen LogP contribution is -2.14. The zero-order chi connectivity index (χ0) is 19.8. The molecular formula is C16H21BrN2O6S. The largest absolute Gasteiger partial charge is 0.506 e. The Morgan fingerprint density at radius 2 is 2.00 bits per heavy atom. The van der Waals surface area contributed by atoms with Gasteiger partial charge in [-0.15, -0.1) is 0 Å². The highest BCUT2D eigenvalue weighted by Gasteiger charge is 2.29. The Bertz CT molecular complexity index is 965. The Labute approximate surface area is 160 Å².